The molecule has 1 aromatic heterocycles. The molecule has 2 rings (SSSR count). The highest BCUT2D eigenvalue weighted by atomic mass is 16.4. The fourth-order valence-electron chi connectivity index (χ4n) is 1.31. The van der Waals surface area contributed by atoms with Crippen LogP contribution in [0.25, 0.3) is 10.8 Å². The van der Waals surface area contributed by atoms with E-state index in [9.17, 15) is 15.0 Å². The Hall–Kier alpha value is -2.30. The molecule has 2 aromatic rings. The smallest absolute Gasteiger partial charge is 0.354 e. The van der Waals surface area contributed by atoms with Gasteiger partial charge in [0.05, 0.1) is 0 Å². The molecule has 0 fully saturated rings. The van der Waals surface area contributed by atoms with Gasteiger partial charge in [0.15, 0.2) is 11.5 Å². The van der Waals surface area contributed by atoms with Crippen molar-refractivity contribution in [2.45, 2.75) is 0 Å². The second kappa shape index (κ2) is 3.13. The number of carboxylic acids is 1. The highest BCUT2D eigenvalue weighted by Crippen LogP contribution is 2.32. The summed E-state index contributed by atoms with van der Waals surface area (Å²) in [5.41, 5.74) is -0.104. The maximum absolute atomic E-state index is 10.6. The third kappa shape index (κ3) is 1.43. The Balaban J connectivity index is 2.75. The fourth-order valence-corrected chi connectivity index (χ4v) is 1.31. The van der Waals surface area contributed by atoms with Crippen molar-refractivity contribution < 1.29 is 20.1 Å². The number of rotatable bonds is 1. The summed E-state index contributed by atoms with van der Waals surface area (Å²) in [6.07, 6.45) is 1.22. The van der Waals surface area contributed by atoms with Crippen molar-refractivity contribution >= 4 is 16.7 Å². The van der Waals surface area contributed by atoms with Gasteiger partial charge in [-0.05, 0) is 17.5 Å². The van der Waals surface area contributed by atoms with Crippen LogP contribution in [0.5, 0.6) is 11.5 Å². The van der Waals surface area contributed by atoms with Crippen molar-refractivity contribution in [3.05, 3.63) is 30.1 Å². The topological polar surface area (TPSA) is 90.7 Å². The van der Waals surface area contributed by atoms with Gasteiger partial charge in [0.25, 0.3) is 0 Å². The van der Waals surface area contributed by atoms with E-state index in [0.717, 1.165) is 0 Å². The summed E-state index contributed by atoms with van der Waals surface area (Å²) >= 11 is 0. The molecular weight excluding hydrogens is 198 g/mol. The van der Waals surface area contributed by atoms with E-state index >= 15 is 0 Å². The van der Waals surface area contributed by atoms with Gasteiger partial charge in [0.1, 0.15) is 5.69 Å². The third-order valence-corrected chi connectivity index (χ3v) is 2.07. The number of nitrogens with zero attached hydrogens (tertiary/aromatic N) is 1. The molecule has 0 saturated carbocycles. The van der Waals surface area contributed by atoms with Crippen LogP contribution in [0.15, 0.2) is 24.4 Å². The van der Waals surface area contributed by atoms with Crippen molar-refractivity contribution in [3.63, 3.8) is 0 Å². The summed E-state index contributed by atoms with van der Waals surface area (Å²) < 4.78 is 0. The first-order chi connectivity index (χ1) is 7.09. The first kappa shape index (κ1) is 9.26. The molecule has 0 bridgehead atoms. The van der Waals surface area contributed by atoms with E-state index in [1.54, 1.807) is 0 Å². The Bertz CT molecular complexity index is 550. The zero-order valence-electron chi connectivity index (χ0n) is 7.51. The number of pyridine rings is 1. The van der Waals surface area contributed by atoms with Crippen LogP contribution in [0.4, 0.5) is 0 Å². The fraction of sp³-hybridized carbons (Fsp3) is 0. The number of phenolic OH excluding ortho intramolecular Hbond substituents is 2. The number of aromatic hydroxyl groups is 2. The van der Waals surface area contributed by atoms with Gasteiger partial charge in [-0.1, -0.05) is 6.07 Å². The van der Waals surface area contributed by atoms with E-state index in [1.807, 2.05) is 0 Å². The van der Waals surface area contributed by atoms with Gasteiger partial charge in [-0.2, -0.15) is 0 Å². The van der Waals surface area contributed by atoms with Gasteiger partial charge in [-0.3, -0.25) is 0 Å². The zero-order chi connectivity index (χ0) is 11.0. The van der Waals surface area contributed by atoms with E-state index < -0.39 is 5.97 Å². The molecule has 0 spiro atoms. The summed E-state index contributed by atoms with van der Waals surface area (Å²) in [6.45, 7) is 0. The van der Waals surface area contributed by atoms with Crippen molar-refractivity contribution in [3.8, 4) is 11.5 Å². The number of carboxylic acid groups (broad SMARTS) is 1. The largest absolute Gasteiger partial charge is 0.504 e. The maximum atomic E-state index is 10.6. The predicted molar refractivity (Wildman–Crippen MR) is 52.0 cm³/mol. The number of phenols is 2. The summed E-state index contributed by atoms with van der Waals surface area (Å²) in [5.74, 6) is -1.69. The number of fused-ring (bicyclic) bond motifs is 1. The zero-order valence-corrected chi connectivity index (χ0v) is 7.51. The van der Waals surface area contributed by atoms with Crippen LogP contribution in [0.2, 0.25) is 0 Å². The third-order valence-electron chi connectivity index (χ3n) is 2.07. The molecule has 1 aromatic carbocycles. The Morgan fingerprint density at radius 1 is 1.27 bits per heavy atom. The van der Waals surface area contributed by atoms with E-state index in [4.69, 9.17) is 5.11 Å². The molecule has 3 N–H and O–H groups in total. The number of carbonyl (C=O) groups is 1. The lowest BCUT2D eigenvalue weighted by Crippen LogP contribution is -1.99. The van der Waals surface area contributed by atoms with Crippen molar-refractivity contribution in [2.75, 3.05) is 0 Å². The average Bonchev–Trinajstić information content (AvgIpc) is 2.23. The minimum Gasteiger partial charge on any atom is -0.504 e. The van der Waals surface area contributed by atoms with Crippen LogP contribution in [0, 0.1) is 0 Å². The maximum Gasteiger partial charge on any atom is 0.354 e. The molecule has 0 saturated heterocycles. The van der Waals surface area contributed by atoms with E-state index in [2.05, 4.69) is 4.98 Å². The quantitative estimate of drug-likeness (QED) is 0.611. The van der Waals surface area contributed by atoms with Crippen LogP contribution in [-0.2, 0) is 0 Å². The number of hydrogen-bond donors (Lipinski definition) is 3. The molecule has 0 radical (unpaired) electrons. The molecule has 0 atom stereocenters. The molecule has 5 heteroatoms. The van der Waals surface area contributed by atoms with Gasteiger partial charge in [0, 0.05) is 11.6 Å². The molecule has 0 aliphatic rings. The molecule has 0 aliphatic heterocycles. The van der Waals surface area contributed by atoms with Crippen molar-refractivity contribution in [2.24, 2.45) is 0 Å². The molecule has 0 unspecified atom stereocenters. The first-order valence-corrected chi connectivity index (χ1v) is 4.13. The molecular formula is C10H7NO4. The highest BCUT2D eigenvalue weighted by Gasteiger charge is 2.09. The van der Waals surface area contributed by atoms with Crippen molar-refractivity contribution in [1.82, 2.24) is 4.98 Å². The minimum absolute atomic E-state index is 0.104. The van der Waals surface area contributed by atoms with Crippen LogP contribution in [0.3, 0.4) is 0 Å². The second-order valence-corrected chi connectivity index (χ2v) is 3.03. The summed E-state index contributed by atoms with van der Waals surface area (Å²) in [5, 5.41) is 28.2. The average molecular weight is 205 g/mol. The monoisotopic (exact) mass is 205 g/mol. The molecule has 1 heterocycles. The highest BCUT2D eigenvalue weighted by molar-refractivity contribution is 5.95. The van der Waals surface area contributed by atoms with Crippen LogP contribution >= 0.6 is 0 Å². The lowest BCUT2D eigenvalue weighted by atomic mass is 10.1. The van der Waals surface area contributed by atoms with Gasteiger partial charge in [0.2, 0.25) is 0 Å². The molecule has 0 amide bonds. The lowest BCUT2D eigenvalue weighted by Gasteiger charge is -2.03. The van der Waals surface area contributed by atoms with Gasteiger partial charge < -0.3 is 15.3 Å². The van der Waals surface area contributed by atoms with Crippen LogP contribution in [0.1, 0.15) is 10.5 Å². The number of hydrogen-bond acceptors (Lipinski definition) is 4. The first-order valence-electron chi connectivity index (χ1n) is 4.13. The summed E-state index contributed by atoms with van der Waals surface area (Å²) in [6, 6.07) is 4.14. The lowest BCUT2D eigenvalue weighted by molar-refractivity contribution is 0.0690. The van der Waals surface area contributed by atoms with Crippen LogP contribution in [-0.4, -0.2) is 26.3 Å². The number of aromatic carboxylic acids is 1. The van der Waals surface area contributed by atoms with Gasteiger partial charge in [-0.25, -0.2) is 9.78 Å². The Morgan fingerprint density at radius 3 is 2.67 bits per heavy atom. The summed E-state index contributed by atoms with van der Waals surface area (Å²) in [4.78, 5) is 14.3. The minimum atomic E-state index is -1.13. The van der Waals surface area contributed by atoms with Gasteiger partial charge in [-0.15, -0.1) is 0 Å². The Kier molecular flexibility index (Phi) is 1.93. The Labute approximate surface area is 84.2 Å². The molecule has 5 nitrogen and oxygen atoms in total. The molecule has 76 valence electrons. The number of benzene rings is 1. The van der Waals surface area contributed by atoms with E-state index in [-0.39, 0.29) is 17.2 Å². The second-order valence-electron chi connectivity index (χ2n) is 3.03. The van der Waals surface area contributed by atoms with E-state index in [0.29, 0.717) is 10.8 Å². The normalized spacial score (nSPS) is 10.4. The number of aromatic nitrogens is 1. The summed E-state index contributed by atoms with van der Waals surface area (Å²) in [7, 11) is 0. The van der Waals surface area contributed by atoms with Gasteiger partial charge >= 0.3 is 5.97 Å². The predicted octanol–water partition coefficient (Wildman–Crippen LogP) is 1.34. The Morgan fingerprint density at radius 2 is 2.00 bits per heavy atom. The molecule has 15 heavy (non-hydrogen) atoms. The molecule has 0 aliphatic carbocycles. The van der Waals surface area contributed by atoms with Crippen LogP contribution < -0.4 is 0 Å². The standard InChI is InChI=1S/C10H7NO4/c12-8-2-1-5-3-7(10(14)15)11-4-6(5)9(8)13/h1-4,12-13H,(H,14,15). The van der Waals surface area contributed by atoms with Crippen molar-refractivity contribution in [1.29, 1.82) is 0 Å². The van der Waals surface area contributed by atoms with E-state index in [1.165, 1.54) is 24.4 Å². The SMILES string of the molecule is O=C(O)c1cc2ccc(O)c(O)c2cn1.